The molecule has 19 heavy (non-hydrogen) atoms. The van der Waals surface area contributed by atoms with E-state index in [4.69, 9.17) is 39.0 Å². The van der Waals surface area contributed by atoms with Crippen molar-refractivity contribution in [3.05, 3.63) is 35.9 Å². The van der Waals surface area contributed by atoms with E-state index >= 15 is 0 Å². The Morgan fingerprint density at radius 2 is 1.84 bits per heavy atom. The summed E-state index contributed by atoms with van der Waals surface area (Å²) in [6.45, 7) is 1.29. The van der Waals surface area contributed by atoms with Crippen LogP contribution >= 0.6 is 34.8 Å². The summed E-state index contributed by atoms with van der Waals surface area (Å²) in [5.74, 6) is 0. The standard InChI is InChI=1S/C11H12Cl3NO3S/c1-8-10(9-5-3-2-4-6-9)15(8)19(16,17)18-7-11(12,13)14/h2-6,8,10H,7H2,1H3. The average Bonchev–Trinajstić information content (AvgIpc) is 3.00. The van der Waals surface area contributed by atoms with Crippen LogP contribution in [0.5, 0.6) is 0 Å². The first kappa shape index (κ1) is 15.4. The van der Waals surface area contributed by atoms with E-state index in [9.17, 15) is 8.42 Å². The quantitative estimate of drug-likeness (QED) is 0.623. The van der Waals surface area contributed by atoms with Gasteiger partial charge in [0.15, 0.2) is 0 Å². The molecule has 1 fully saturated rings. The normalized spacial score (nSPS) is 27.3. The largest absolute Gasteiger partial charge is 0.339 e. The van der Waals surface area contributed by atoms with Crippen LogP contribution in [-0.4, -0.2) is 29.2 Å². The topological polar surface area (TPSA) is 46.4 Å². The van der Waals surface area contributed by atoms with E-state index in [-0.39, 0.29) is 12.1 Å². The maximum absolute atomic E-state index is 12.0. The highest BCUT2D eigenvalue weighted by Gasteiger charge is 2.54. The fraction of sp³-hybridized carbons (Fsp3) is 0.455. The third-order valence-corrected chi connectivity index (χ3v) is 4.63. The maximum Gasteiger partial charge on any atom is 0.339 e. The predicted octanol–water partition coefficient (Wildman–Crippen LogP) is 3.06. The molecule has 3 atom stereocenters. The predicted molar refractivity (Wildman–Crippen MR) is 75.6 cm³/mol. The minimum absolute atomic E-state index is 0.164. The zero-order valence-electron chi connectivity index (χ0n) is 9.96. The van der Waals surface area contributed by atoms with Crippen LogP contribution in [0.3, 0.4) is 0 Å². The van der Waals surface area contributed by atoms with E-state index in [0.29, 0.717) is 0 Å². The van der Waals surface area contributed by atoms with E-state index in [1.165, 1.54) is 4.31 Å². The number of benzene rings is 1. The summed E-state index contributed by atoms with van der Waals surface area (Å²) in [5, 5.41) is 0. The van der Waals surface area contributed by atoms with Crippen LogP contribution in [0.4, 0.5) is 0 Å². The fourth-order valence-corrected chi connectivity index (χ4v) is 3.79. The third kappa shape index (κ3) is 3.74. The summed E-state index contributed by atoms with van der Waals surface area (Å²) in [6.07, 6.45) is 0. The van der Waals surface area contributed by atoms with Gasteiger partial charge in [-0.3, -0.25) is 4.18 Å². The molecule has 0 spiro atoms. The Labute approximate surface area is 127 Å². The van der Waals surface area contributed by atoms with Gasteiger partial charge in [0.25, 0.3) is 0 Å². The van der Waals surface area contributed by atoms with Crippen LogP contribution < -0.4 is 0 Å². The lowest BCUT2D eigenvalue weighted by Crippen LogP contribution is -2.23. The van der Waals surface area contributed by atoms with Gasteiger partial charge in [-0.2, -0.15) is 12.7 Å². The number of rotatable bonds is 4. The molecule has 0 radical (unpaired) electrons. The Hall–Kier alpha value is -0.0400. The molecule has 0 amide bonds. The highest BCUT2D eigenvalue weighted by Crippen LogP contribution is 2.46. The van der Waals surface area contributed by atoms with Gasteiger partial charge in [0, 0.05) is 6.04 Å². The average molecular weight is 345 g/mol. The van der Waals surface area contributed by atoms with E-state index in [0.717, 1.165) is 5.56 Å². The van der Waals surface area contributed by atoms with Crippen molar-refractivity contribution in [1.82, 2.24) is 4.31 Å². The molecule has 106 valence electrons. The molecule has 1 aromatic carbocycles. The van der Waals surface area contributed by atoms with Crippen LogP contribution in [0.15, 0.2) is 30.3 Å². The summed E-state index contributed by atoms with van der Waals surface area (Å²) in [4.78, 5) is 0. The molecule has 1 aliphatic rings. The lowest BCUT2D eigenvalue weighted by Gasteiger charge is -2.12. The molecule has 1 saturated heterocycles. The lowest BCUT2D eigenvalue weighted by molar-refractivity contribution is 0.303. The van der Waals surface area contributed by atoms with E-state index in [2.05, 4.69) is 0 Å². The second-order valence-electron chi connectivity index (χ2n) is 4.26. The first-order valence-electron chi connectivity index (χ1n) is 5.52. The van der Waals surface area contributed by atoms with Crippen molar-refractivity contribution >= 4 is 45.1 Å². The van der Waals surface area contributed by atoms with Crippen molar-refractivity contribution in [2.24, 2.45) is 0 Å². The molecule has 0 saturated carbocycles. The van der Waals surface area contributed by atoms with Crippen molar-refractivity contribution in [2.75, 3.05) is 6.61 Å². The zero-order chi connectivity index (χ0) is 14.3. The van der Waals surface area contributed by atoms with Gasteiger partial charge in [0.2, 0.25) is 3.79 Å². The highest BCUT2D eigenvalue weighted by molar-refractivity contribution is 7.84. The molecule has 3 unspecified atom stereocenters. The molecule has 1 heterocycles. The Morgan fingerprint density at radius 1 is 1.26 bits per heavy atom. The maximum atomic E-state index is 12.0. The first-order valence-corrected chi connectivity index (χ1v) is 8.02. The molecule has 0 aliphatic carbocycles. The van der Waals surface area contributed by atoms with Gasteiger partial charge in [0.1, 0.15) is 6.61 Å². The van der Waals surface area contributed by atoms with Crippen molar-refractivity contribution in [3.8, 4) is 0 Å². The van der Waals surface area contributed by atoms with Gasteiger partial charge in [-0.15, -0.1) is 0 Å². The second-order valence-corrected chi connectivity index (χ2v) is 8.29. The van der Waals surface area contributed by atoms with Crippen LogP contribution in [0.2, 0.25) is 0 Å². The first-order chi connectivity index (χ1) is 8.72. The lowest BCUT2D eigenvalue weighted by atomic mass is 10.1. The minimum atomic E-state index is -3.89. The van der Waals surface area contributed by atoms with Gasteiger partial charge in [-0.05, 0) is 12.5 Å². The summed E-state index contributed by atoms with van der Waals surface area (Å²) in [7, 11) is -3.89. The van der Waals surface area contributed by atoms with Crippen LogP contribution in [0, 0.1) is 0 Å². The van der Waals surface area contributed by atoms with Crippen LogP contribution in [0.25, 0.3) is 0 Å². The van der Waals surface area contributed by atoms with Gasteiger partial charge in [-0.25, -0.2) is 0 Å². The Kier molecular flexibility index (Phi) is 4.35. The number of hydrogen-bond donors (Lipinski definition) is 0. The van der Waals surface area contributed by atoms with Gasteiger partial charge in [0.05, 0.1) is 6.04 Å². The Morgan fingerprint density at radius 3 is 2.37 bits per heavy atom. The summed E-state index contributed by atoms with van der Waals surface area (Å²) in [6, 6.07) is 8.93. The number of hydrogen-bond acceptors (Lipinski definition) is 3. The number of alkyl halides is 3. The summed E-state index contributed by atoms with van der Waals surface area (Å²) < 4.78 is 28.2. The third-order valence-electron chi connectivity index (χ3n) is 2.81. The minimum Gasteiger partial charge on any atom is -0.253 e. The molecule has 0 aromatic heterocycles. The molecule has 8 heteroatoms. The van der Waals surface area contributed by atoms with Gasteiger partial charge < -0.3 is 0 Å². The monoisotopic (exact) mass is 343 g/mol. The van der Waals surface area contributed by atoms with Crippen molar-refractivity contribution in [3.63, 3.8) is 0 Å². The van der Waals surface area contributed by atoms with Crippen molar-refractivity contribution in [2.45, 2.75) is 22.8 Å². The molecular weight excluding hydrogens is 333 g/mol. The molecule has 1 aromatic rings. The van der Waals surface area contributed by atoms with E-state index < -0.39 is 20.7 Å². The molecule has 4 nitrogen and oxygen atoms in total. The van der Waals surface area contributed by atoms with Gasteiger partial charge >= 0.3 is 10.3 Å². The van der Waals surface area contributed by atoms with Crippen molar-refractivity contribution < 1.29 is 12.6 Å². The summed E-state index contributed by atoms with van der Waals surface area (Å²) in [5.41, 5.74) is 0.913. The summed E-state index contributed by atoms with van der Waals surface area (Å²) >= 11 is 16.4. The van der Waals surface area contributed by atoms with Crippen LogP contribution in [-0.2, 0) is 14.5 Å². The number of nitrogens with zero attached hydrogens (tertiary/aromatic N) is 1. The molecule has 1 aliphatic heterocycles. The second kappa shape index (κ2) is 5.39. The van der Waals surface area contributed by atoms with Crippen molar-refractivity contribution in [1.29, 1.82) is 0 Å². The van der Waals surface area contributed by atoms with E-state index in [1.54, 1.807) is 6.92 Å². The zero-order valence-corrected chi connectivity index (χ0v) is 13.0. The smallest absolute Gasteiger partial charge is 0.253 e. The van der Waals surface area contributed by atoms with Gasteiger partial charge in [-0.1, -0.05) is 65.1 Å². The molecule has 0 N–H and O–H groups in total. The van der Waals surface area contributed by atoms with Crippen LogP contribution in [0.1, 0.15) is 18.5 Å². The Balaban J connectivity index is 2.08. The fourth-order valence-electron chi connectivity index (χ4n) is 1.94. The molecular formula is C11H12Cl3NO3S. The number of halogens is 3. The van der Waals surface area contributed by atoms with E-state index in [1.807, 2.05) is 30.3 Å². The SMILES string of the molecule is CC1C(c2ccccc2)N1S(=O)(=O)OCC(Cl)(Cl)Cl. The Bertz CT molecular complexity index is 544. The molecule has 2 rings (SSSR count). The highest BCUT2D eigenvalue weighted by atomic mass is 35.6. The molecule has 0 bridgehead atoms.